The molecule has 2 amide bonds. The van der Waals surface area contributed by atoms with Crippen LogP contribution in [-0.4, -0.2) is 42.4 Å². The van der Waals surface area contributed by atoms with E-state index in [-0.39, 0.29) is 23.9 Å². The topological polar surface area (TPSA) is 61.4 Å². The number of rotatable bonds is 6. The number of aryl methyl sites for hydroxylation is 1. The van der Waals surface area contributed by atoms with Gasteiger partial charge in [0.2, 0.25) is 11.8 Å². The number of hydrogen-bond donors (Lipinski definition) is 2. The molecule has 0 aromatic heterocycles. The summed E-state index contributed by atoms with van der Waals surface area (Å²) >= 11 is 0. The highest BCUT2D eigenvalue weighted by molar-refractivity contribution is 5.82. The van der Waals surface area contributed by atoms with Crippen molar-refractivity contribution in [2.45, 2.75) is 70.5 Å². The van der Waals surface area contributed by atoms with Gasteiger partial charge in [-0.1, -0.05) is 29.8 Å². The molecule has 1 aromatic carbocycles. The molecule has 1 aliphatic carbocycles. The molecule has 5 nitrogen and oxygen atoms in total. The summed E-state index contributed by atoms with van der Waals surface area (Å²) in [6, 6.07) is 8.57. The van der Waals surface area contributed by atoms with Crippen molar-refractivity contribution in [3.8, 4) is 0 Å². The molecule has 0 spiro atoms. The molecule has 1 aliphatic heterocycles. The average molecular weight is 372 g/mol. The molecule has 2 fully saturated rings. The highest BCUT2D eigenvalue weighted by Gasteiger charge is 2.30. The van der Waals surface area contributed by atoms with Gasteiger partial charge in [-0.25, -0.2) is 0 Å². The SMILES string of the molecule is Cc1cccc(CNC(=O)CC2CCC(NC(=O)[C@@H]3CCCN3C)CC2)c1. The van der Waals surface area contributed by atoms with E-state index >= 15 is 0 Å². The molecule has 0 radical (unpaired) electrons. The zero-order chi connectivity index (χ0) is 19.2. The van der Waals surface area contributed by atoms with Gasteiger partial charge in [-0.15, -0.1) is 0 Å². The van der Waals surface area contributed by atoms with Crippen LogP contribution in [0.1, 0.15) is 56.1 Å². The predicted molar refractivity (Wildman–Crippen MR) is 107 cm³/mol. The van der Waals surface area contributed by atoms with Crippen LogP contribution in [0.25, 0.3) is 0 Å². The maximum Gasteiger partial charge on any atom is 0.237 e. The summed E-state index contributed by atoms with van der Waals surface area (Å²) < 4.78 is 0. The van der Waals surface area contributed by atoms with Crippen LogP contribution in [0.3, 0.4) is 0 Å². The molecule has 1 saturated carbocycles. The molecular formula is C22H33N3O2. The number of benzene rings is 1. The minimum atomic E-state index is 0.0510. The zero-order valence-electron chi connectivity index (χ0n) is 16.7. The van der Waals surface area contributed by atoms with Gasteiger partial charge in [0.25, 0.3) is 0 Å². The lowest BCUT2D eigenvalue weighted by atomic mass is 9.84. The Balaban J connectivity index is 1.35. The van der Waals surface area contributed by atoms with Crippen molar-refractivity contribution in [1.82, 2.24) is 15.5 Å². The summed E-state index contributed by atoms with van der Waals surface area (Å²) in [7, 11) is 2.03. The number of nitrogens with zero attached hydrogens (tertiary/aromatic N) is 1. The summed E-state index contributed by atoms with van der Waals surface area (Å²) in [5, 5.41) is 6.28. The molecule has 2 aliphatic rings. The summed E-state index contributed by atoms with van der Waals surface area (Å²) in [6.07, 6.45) is 6.68. The van der Waals surface area contributed by atoms with E-state index in [9.17, 15) is 9.59 Å². The van der Waals surface area contributed by atoms with E-state index < -0.39 is 0 Å². The van der Waals surface area contributed by atoms with Crippen LogP contribution in [0.2, 0.25) is 0 Å². The third kappa shape index (κ3) is 5.80. The van der Waals surface area contributed by atoms with E-state index in [1.165, 1.54) is 5.56 Å². The molecule has 27 heavy (non-hydrogen) atoms. The Kier molecular flexibility index (Phi) is 6.89. The number of likely N-dealkylation sites (tertiary alicyclic amines) is 1. The second-order valence-electron chi connectivity index (χ2n) is 8.33. The van der Waals surface area contributed by atoms with Crippen molar-refractivity contribution in [2.75, 3.05) is 13.6 Å². The summed E-state index contributed by atoms with van der Waals surface area (Å²) in [5.41, 5.74) is 2.36. The molecule has 0 bridgehead atoms. The molecule has 148 valence electrons. The minimum absolute atomic E-state index is 0.0510. The Hall–Kier alpha value is -1.88. The number of amides is 2. The molecule has 1 aromatic rings. The van der Waals surface area contributed by atoms with Crippen molar-refractivity contribution >= 4 is 11.8 Å². The standard InChI is InChI=1S/C22H33N3O2/c1-16-5-3-6-18(13-16)15-23-21(26)14-17-8-10-19(11-9-17)24-22(27)20-7-4-12-25(20)2/h3,5-6,13,17,19-20H,4,7-12,14-15H2,1-2H3,(H,23,26)(H,24,27)/t17?,19?,20-/m0/s1. The molecular weight excluding hydrogens is 338 g/mol. The van der Waals surface area contributed by atoms with Gasteiger partial charge >= 0.3 is 0 Å². The second kappa shape index (κ2) is 9.36. The first-order chi connectivity index (χ1) is 13.0. The van der Waals surface area contributed by atoms with Crippen molar-refractivity contribution < 1.29 is 9.59 Å². The van der Waals surface area contributed by atoms with Gasteiger partial charge in [-0.2, -0.15) is 0 Å². The van der Waals surface area contributed by atoms with Crippen LogP contribution in [-0.2, 0) is 16.1 Å². The Bertz CT molecular complexity index is 653. The van der Waals surface area contributed by atoms with Crippen LogP contribution < -0.4 is 10.6 Å². The quantitative estimate of drug-likeness (QED) is 0.808. The fraction of sp³-hybridized carbons (Fsp3) is 0.636. The first-order valence-electron chi connectivity index (χ1n) is 10.3. The second-order valence-corrected chi connectivity index (χ2v) is 8.33. The van der Waals surface area contributed by atoms with Gasteiger partial charge in [0.15, 0.2) is 0 Å². The highest BCUT2D eigenvalue weighted by Crippen LogP contribution is 2.27. The Morgan fingerprint density at radius 1 is 1.15 bits per heavy atom. The van der Waals surface area contributed by atoms with Gasteiger partial charge in [-0.3, -0.25) is 14.5 Å². The number of carbonyl (C=O) groups is 2. The predicted octanol–water partition coefficient (Wildman–Crippen LogP) is 2.77. The van der Waals surface area contributed by atoms with Crippen LogP contribution in [0.5, 0.6) is 0 Å². The van der Waals surface area contributed by atoms with E-state index in [0.29, 0.717) is 18.9 Å². The number of carbonyl (C=O) groups excluding carboxylic acids is 2. The lowest BCUT2D eigenvalue weighted by Gasteiger charge is -2.30. The van der Waals surface area contributed by atoms with E-state index in [1.54, 1.807) is 0 Å². The van der Waals surface area contributed by atoms with Crippen LogP contribution in [0.4, 0.5) is 0 Å². The van der Waals surface area contributed by atoms with E-state index in [0.717, 1.165) is 50.6 Å². The summed E-state index contributed by atoms with van der Waals surface area (Å²) in [5.74, 6) is 0.760. The smallest absolute Gasteiger partial charge is 0.237 e. The van der Waals surface area contributed by atoms with E-state index in [1.807, 2.05) is 19.2 Å². The first kappa shape index (κ1) is 19.9. The van der Waals surface area contributed by atoms with Gasteiger partial charge in [0.1, 0.15) is 0 Å². The highest BCUT2D eigenvalue weighted by atomic mass is 16.2. The molecule has 1 heterocycles. The maximum atomic E-state index is 12.4. The zero-order valence-corrected chi connectivity index (χ0v) is 16.7. The van der Waals surface area contributed by atoms with Crippen LogP contribution in [0.15, 0.2) is 24.3 Å². The monoisotopic (exact) mass is 371 g/mol. The number of likely N-dealkylation sites (N-methyl/N-ethyl adjacent to an activating group) is 1. The minimum Gasteiger partial charge on any atom is -0.352 e. The number of nitrogens with one attached hydrogen (secondary N) is 2. The van der Waals surface area contributed by atoms with Gasteiger partial charge in [0.05, 0.1) is 6.04 Å². The Labute approximate surface area is 162 Å². The fourth-order valence-corrected chi connectivity index (χ4v) is 4.41. The molecule has 5 heteroatoms. The lowest BCUT2D eigenvalue weighted by molar-refractivity contribution is -0.126. The molecule has 2 N–H and O–H groups in total. The van der Waals surface area contributed by atoms with Gasteiger partial charge in [-0.05, 0) is 70.5 Å². The third-order valence-corrected chi connectivity index (χ3v) is 6.06. The molecule has 1 atom stereocenters. The molecule has 0 unspecified atom stereocenters. The average Bonchev–Trinajstić information content (AvgIpc) is 3.08. The third-order valence-electron chi connectivity index (χ3n) is 6.06. The number of hydrogen-bond acceptors (Lipinski definition) is 3. The maximum absolute atomic E-state index is 12.4. The fourth-order valence-electron chi connectivity index (χ4n) is 4.41. The van der Waals surface area contributed by atoms with Crippen LogP contribution in [0, 0.1) is 12.8 Å². The largest absolute Gasteiger partial charge is 0.352 e. The Morgan fingerprint density at radius 2 is 1.93 bits per heavy atom. The summed E-state index contributed by atoms with van der Waals surface area (Å²) in [6.45, 7) is 3.68. The lowest BCUT2D eigenvalue weighted by Crippen LogP contribution is -2.46. The van der Waals surface area contributed by atoms with E-state index in [2.05, 4.69) is 34.6 Å². The van der Waals surface area contributed by atoms with Crippen molar-refractivity contribution in [1.29, 1.82) is 0 Å². The van der Waals surface area contributed by atoms with Crippen molar-refractivity contribution in [3.63, 3.8) is 0 Å². The Morgan fingerprint density at radius 3 is 2.59 bits per heavy atom. The van der Waals surface area contributed by atoms with Crippen molar-refractivity contribution in [2.24, 2.45) is 5.92 Å². The van der Waals surface area contributed by atoms with Crippen LogP contribution >= 0.6 is 0 Å². The van der Waals surface area contributed by atoms with Crippen molar-refractivity contribution in [3.05, 3.63) is 35.4 Å². The normalized spacial score (nSPS) is 25.9. The molecule has 3 rings (SSSR count). The van der Waals surface area contributed by atoms with Gasteiger partial charge in [0, 0.05) is 19.0 Å². The molecule has 1 saturated heterocycles. The van der Waals surface area contributed by atoms with Gasteiger partial charge < -0.3 is 10.6 Å². The first-order valence-corrected chi connectivity index (χ1v) is 10.3. The summed E-state index contributed by atoms with van der Waals surface area (Å²) in [4.78, 5) is 26.8. The van der Waals surface area contributed by atoms with E-state index in [4.69, 9.17) is 0 Å².